The van der Waals surface area contributed by atoms with Crippen molar-refractivity contribution >= 4 is 24.2 Å². The quantitative estimate of drug-likeness (QED) is 0.851. The zero-order valence-electron chi connectivity index (χ0n) is 16.3. The topological polar surface area (TPSA) is 66.6 Å². The fourth-order valence-corrected chi connectivity index (χ4v) is 3.34. The Morgan fingerprint density at radius 3 is 2.27 bits per heavy atom. The van der Waals surface area contributed by atoms with Crippen molar-refractivity contribution < 1.29 is 9.59 Å². The molecule has 1 aliphatic rings. The molecule has 1 aliphatic heterocycles. The first-order valence-corrected chi connectivity index (χ1v) is 9.24. The number of hydrogen-bond acceptors (Lipinski definition) is 3. The van der Waals surface area contributed by atoms with Crippen LogP contribution in [0.5, 0.6) is 0 Å². The number of halogens is 1. The van der Waals surface area contributed by atoms with Crippen LogP contribution in [0.1, 0.15) is 61.3 Å². The van der Waals surface area contributed by atoms with Crippen LogP contribution in [0, 0.1) is 5.41 Å². The van der Waals surface area contributed by atoms with E-state index >= 15 is 0 Å². The highest BCUT2D eigenvalue weighted by molar-refractivity contribution is 5.97. The van der Waals surface area contributed by atoms with Crippen molar-refractivity contribution in [1.29, 1.82) is 0 Å². The summed E-state index contributed by atoms with van der Waals surface area (Å²) in [5, 5.41) is 0. The zero-order valence-corrected chi connectivity index (χ0v) is 17.1. The Bertz CT molecular complexity index is 616. The van der Waals surface area contributed by atoms with Crippen LogP contribution in [-0.4, -0.2) is 53.8 Å². The molecular weight excluding hydrogens is 350 g/mol. The van der Waals surface area contributed by atoms with Crippen LogP contribution >= 0.6 is 12.4 Å². The summed E-state index contributed by atoms with van der Waals surface area (Å²) < 4.78 is 0. The molecule has 6 heteroatoms. The van der Waals surface area contributed by atoms with Crippen molar-refractivity contribution in [2.75, 3.05) is 26.2 Å². The van der Waals surface area contributed by atoms with Crippen LogP contribution in [0.3, 0.4) is 0 Å². The Morgan fingerprint density at radius 1 is 1.19 bits per heavy atom. The lowest BCUT2D eigenvalue weighted by Crippen LogP contribution is -2.54. The minimum absolute atomic E-state index is 0. The van der Waals surface area contributed by atoms with Crippen molar-refractivity contribution in [1.82, 2.24) is 9.80 Å². The van der Waals surface area contributed by atoms with E-state index in [1.165, 1.54) is 0 Å². The van der Waals surface area contributed by atoms with Gasteiger partial charge in [0, 0.05) is 43.3 Å². The van der Waals surface area contributed by atoms with E-state index in [4.69, 9.17) is 5.73 Å². The number of carbonyl (C=O) groups excluding carboxylic acids is 2. The molecule has 1 saturated heterocycles. The van der Waals surface area contributed by atoms with Gasteiger partial charge in [-0.1, -0.05) is 20.8 Å². The normalized spacial score (nSPS) is 18.8. The predicted molar refractivity (Wildman–Crippen MR) is 108 cm³/mol. The number of nitrogens with two attached hydrogens (primary N) is 1. The van der Waals surface area contributed by atoms with Crippen molar-refractivity contribution in [2.45, 2.75) is 46.6 Å². The first kappa shape index (κ1) is 22.5. The number of piperidine rings is 1. The number of amides is 2. The first-order valence-electron chi connectivity index (χ1n) is 9.24. The molecule has 0 radical (unpaired) electrons. The van der Waals surface area contributed by atoms with E-state index in [1.807, 2.05) is 16.7 Å². The minimum atomic E-state index is -0.0778. The summed E-state index contributed by atoms with van der Waals surface area (Å²) in [6, 6.07) is 7.16. The predicted octanol–water partition coefficient (Wildman–Crippen LogP) is 3.18. The molecule has 1 aromatic carbocycles. The lowest BCUT2D eigenvalue weighted by Gasteiger charge is -2.42. The molecular formula is C20H32ClN3O2. The van der Waals surface area contributed by atoms with Crippen molar-refractivity contribution in [3.05, 3.63) is 35.4 Å². The summed E-state index contributed by atoms with van der Waals surface area (Å²) in [4.78, 5) is 28.9. The van der Waals surface area contributed by atoms with Gasteiger partial charge in [0.25, 0.3) is 11.8 Å². The maximum absolute atomic E-state index is 12.8. The van der Waals surface area contributed by atoms with Gasteiger partial charge in [-0.2, -0.15) is 0 Å². The average molecular weight is 382 g/mol. The lowest BCUT2D eigenvalue weighted by atomic mass is 9.79. The van der Waals surface area contributed by atoms with E-state index in [2.05, 4.69) is 20.8 Å². The van der Waals surface area contributed by atoms with Gasteiger partial charge >= 0.3 is 0 Å². The SMILES string of the molecule is CCCN(CC)C(=O)c1ccc(C(=O)N2CCC(N)C(C)(C)C2)cc1.Cl. The molecule has 0 bridgehead atoms. The number of rotatable bonds is 5. The lowest BCUT2D eigenvalue weighted by molar-refractivity contribution is 0.0532. The fraction of sp³-hybridized carbons (Fsp3) is 0.600. The maximum Gasteiger partial charge on any atom is 0.253 e. The average Bonchev–Trinajstić information content (AvgIpc) is 2.61. The maximum atomic E-state index is 12.8. The van der Waals surface area contributed by atoms with Crippen molar-refractivity contribution in [3.63, 3.8) is 0 Å². The molecule has 2 rings (SSSR count). The van der Waals surface area contributed by atoms with E-state index < -0.39 is 0 Å². The number of benzene rings is 1. The highest BCUT2D eigenvalue weighted by atomic mass is 35.5. The summed E-state index contributed by atoms with van der Waals surface area (Å²) in [5.41, 5.74) is 7.33. The molecule has 2 N–H and O–H groups in total. The van der Waals surface area contributed by atoms with Gasteiger partial charge in [-0.25, -0.2) is 0 Å². The standard InChI is InChI=1S/C20H31N3O2.ClH/c1-5-12-22(6-2)18(24)15-7-9-16(10-8-15)19(25)23-13-11-17(21)20(3,4)14-23;/h7-10,17H,5-6,11-14,21H2,1-4H3;1H. The molecule has 5 nitrogen and oxygen atoms in total. The summed E-state index contributed by atoms with van der Waals surface area (Å²) in [5.74, 6) is 0.0355. The van der Waals surface area contributed by atoms with Crippen molar-refractivity contribution in [2.24, 2.45) is 11.1 Å². The monoisotopic (exact) mass is 381 g/mol. The highest BCUT2D eigenvalue weighted by Crippen LogP contribution is 2.28. The summed E-state index contributed by atoms with van der Waals surface area (Å²) in [6.07, 6.45) is 1.75. The molecule has 2 amide bonds. The Morgan fingerprint density at radius 2 is 1.77 bits per heavy atom. The number of carbonyl (C=O) groups is 2. The van der Waals surface area contributed by atoms with Gasteiger partial charge in [-0.3, -0.25) is 9.59 Å². The summed E-state index contributed by atoms with van der Waals surface area (Å²) >= 11 is 0. The molecule has 0 aromatic heterocycles. The van der Waals surface area contributed by atoms with Gasteiger partial charge in [0.05, 0.1) is 0 Å². The second-order valence-electron chi connectivity index (χ2n) is 7.57. The molecule has 1 unspecified atom stereocenters. The van der Waals surface area contributed by atoms with E-state index in [-0.39, 0.29) is 35.7 Å². The van der Waals surface area contributed by atoms with Crippen LogP contribution in [0.4, 0.5) is 0 Å². The number of hydrogen-bond donors (Lipinski definition) is 1. The third-order valence-corrected chi connectivity index (χ3v) is 5.14. The smallest absolute Gasteiger partial charge is 0.253 e. The van der Waals surface area contributed by atoms with Crippen LogP contribution in [0.25, 0.3) is 0 Å². The van der Waals surface area contributed by atoms with Gasteiger partial charge in [-0.15, -0.1) is 12.4 Å². The first-order chi connectivity index (χ1) is 11.8. The zero-order chi connectivity index (χ0) is 18.6. The van der Waals surface area contributed by atoms with E-state index in [0.29, 0.717) is 30.8 Å². The Labute approximate surface area is 163 Å². The van der Waals surface area contributed by atoms with Crippen LogP contribution < -0.4 is 5.73 Å². The highest BCUT2D eigenvalue weighted by Gasteiger charge is 2.35. The molecule has 146 valence electrons. The molecule has 0 aliphatic carbocycles. The second-order valence-corrected chi connectivity index (χ2v) is 7.57. The molecule has 1 fully saturated rings. The van der Waals surface area contributed by atoms with E-state index in [1.54, 1.807) is 24.3 Å². The molecule has 1 heterocycles. The van der Waals surface area contributed by atoms with Gasteiger partial charge in [0.15, 0.2) is 0 Å². The number of likely N-dealkylation sites (tertiary alicyclic amines) is 1. The summed E-state index contributed by atoms with van der Waals surface area (Å²) in [6.45, 7) is 11.0. The van der Waals surface area contributed by atoms with Crippen molar-refractivity contribution in [3.8, 4) is 0 Å². The molecule has 1 aromatic rings. The van der Waals surface area contributed by atoms with Gasteiger partial charge in [-0.05, 0) is 49.4 Å². The molecule has 0 spiro atoms. The second kappa shape index (κ2) is 9.38. The molecule has 1 atom stereocenters. The fourth-order valence-electron chi connectivity index (χ4n) is 3.34. The van der Waals surface area contributed by atoms with Crippen LogP contribution in [0.2, 0.25) is 0 Å². The van der Waals surface area contributed by atoms with E-state index in [9.17, 15) is 9.59 Å². The van der Waals surface area contributed by atoms with Gasteiger partial charge in [0.2, 0.25) is 0 Å². The largest absolute Gasteiger partial charge is 0.339 e. The van der Waals surface area contributed by atoms with Crippen LogP contribution in [-0.2, 0) is 0 Å². The third-order valence-electron chi connectivity index (χ3n) is 5.14. The van der Waals surface area contributed by atoms with Crippen LogP contribution in [0.15, 0.2) is 24.3 Å². The Hall–Kier alpha value is -1.59. The van der Waals surface area contributed by atoms with Gasteiger partial charge < -0.3 is 15.5 Å². The number of nitrogens with zero attached hydrogens (tertiary/aromatic N) is 2. The Balaban J connectivity index is 0.00000338. The Kier molecular flexibility index (Phi) is 8.10. The van der Waals surface area contributed by atoms with E-state index in [0.717, 1.165) is 19.4 Å². The van der Waals surface area contributed by atoms with Gasteiger partial charge in [0.1, 0.15) is 0 Å². The summed E-state index contributed by atoms with van der Waals surface area (Å²) in [7, 11) is 0. The molecule has 26 heavy (non-hydrogen) atoms. The molecule has 0 saturated carbocycles. The minimum Gasteiger partial charge on any atom is -0.339 e. The third kappa shape index (κ3) is 4.98.